The SMILES string of the molecule is CCOc1cccc(/C(O)=C2/C(=O)C(=O)N(CC3CCCO3)C2c2ccc(OCC)c(OC)c2)c1. The highest BCUT2D eigenvalue weighted by molar-refractivity contribution is 6.46. The molecule has 2 aliphatic heterocycles. The van der Waals surface area contributed by atoms with Crippen LogP contribution in [0.1, 0.15) is 43.9 Å². The quantitative estimate of drug-likeness (QED) is 0.327. The van der Waals surface area contributed by atoms with Gasteiger partial charge in [-0.25, -0.2) is 0 Å². The zero-order valence-corrected chi connectivity index (χ0v) is 20.3. The van der Waals surface area contributed by atoms with Crippen molar-refractivity contribution in [2.75, 3.05) is 33.5 Å². The van der Waals surface area contributed by atoms with E-state index in [2.05, 4.69) is 0 Å². The number of nitrogens with zero attached hydrogens (tertiary/aromatic N) is 1. The summed E-state index contributed by atoms with van der Waals surface area (Å²) in [7, 11) is 1.53. The predicted molar refractivity (Wildman–Crippen MR) is 130 cm³/mol. The number of amides is 1. The number of methoxy groups -OCH3 is 1. The van der Waals surface area contributed by atoms with Gasteiger partial charge in [-0.3, -0.25) is 9.59 Å². The number of aliphatic hydroxyl groups excluding tert-OH is 1. The molecule has 0 aliphatic carbocycles. The fourth-order valence-corrected chi connectivity index (χ4v) is 4.61. The molecule has 1 N–H and O–H groups in total. The lowest BCUT2D eigenvalue weighted by atomic mass is 9.94. The first kappa shape index (κ1) is 24.6. The lowest BCUT2D eigenvalue weighted by molar-refractivity contribution is -0.140. The molecule has 0 saturated carbocycles. The second-order valence-corrected chi connectivity index (χ2v) is 8.39. The number of ether oxygens (including phenoxy) is 4. The molecule has 0 bridgehead atoms. The molecule has 1 amide bonds. The Labute approximate surface area is 205 Å². The molecule has 186 valence electrons. The Morgan fingerprint density at radius 2 is 1.89 bits per heavy atom. The maximum absolute atomic E-state index is 13.3. The summed E-state index contributed by atoms with van der Waals surface area (Å²) in [5, 5.41) is 11.3. The van der Waals surface area contributed by atoms with Gasteiger partial charge in [0.05, 0.1) is 38.0 Å². The van der Waals surface area contributed by atoms with Gasteiger partial charge in [-0.05, 0) is 56.5 Å². The number of rotatable bonds is 9. The van der Waals surface area contributed by atoms with Crippen molar-refractivity contribution < 1.29 is 33.6 Å². The molecule has 0 spiro atoms. The highest BCUT2D eigenvalue weighted by Gasteiger charge is 2.47. The van der Waals surface area contributed by atoms with E-state index in [0.29, 0.717) is 48.2 Å². The highest BCUT2D eigenvalue weighted by atomic mass is 16.5. The summed E-state index contributed by atoms with van der Waals surface area (Å²) in [5.41, 5.74) is 1.05. The van der Waals surface area contributed by atoms with E-state index in [9.17, 15) is 14.7 Å². The lowest BCUT2D eigenvalue weighted by Gasteiger charge is -2.28. The van der Waals surface area contributed by atoms with Crippen LogP contribution in [0, 0.1) is 0 Å². The molecule has 4 rings (SSSR count). The van der Waals surface area contributed by atoms with E-state index >= 15 is 0 Å². The van der Waals surface area contributed by atoms with E-state index in [1.54, 1.807) is 42.5 Å². The van der Waals surface area contributed by atoms with Crippen LogP contribution < -0.4 is 14.2 Å². The third-order valence-electron chi connectivity index (χ3n) is 6.19. The monoisotopic (exact) mass is 481 g/mol. The van der Waals surface area contributed by atoms with Gasteiger partial charge in [0.15, 0.2) is 11.5 Å². The smallest absolute Gasteiger partial charge is 0.295 e. The van der Waals surface area contributed by atoms with Crippen LogP contribution in [0.25, 0.3) is 5.76 Å². The topological polar surface area (TPSA) is 94.5 Å². The molecule has 2 fully saturated rings. The Hall–Kier alpha value is -3.52. The molecule has 0 aromatic heterocycles. The normalized spacial score (nSPS) is 21.4. The van der Waals surface area contributed by atoms with Crippen LogP contribution in [0.3, 0.4) is 0 Å². The van der Waals surface area contributed by atoms with Gasteiger partial charge < -0.3 is 29.0 Å². The summed E-state index contributed by atoms with van der Waals surface area (Å²) in [6.45, 7) is 5.54. The van der Waals surface area contributed by atoms with Crippen molar-refractivity contribution in [3.05, 3.63) is 59.2 Å². The van der Waals surface area contributed by atoms with Crippen LogP contribution in [0.4, 0.5) is 0 Å². The summed E-state index contributed by atoms with van der Waals surface area (Å²) in [4.78, 5) is 28.0. The van der Waals surface area contributed by atoms with Gasteiger partial charge in [0.1, 0.15) is 11.5 Å². The largest absolute Gasteiger partial charge is 0.507 e. The second-order valence-electron chi connectivity index (χ2n) is 8.39. The third kappa shape index (κ3) is 4.98. The van der Waals surface area contributed by atoms with E-state index in [-0.39, 0.29) is 24.0 Å². The number of likely N-dealkylation sites (tertiary alicyclic amines) is 1. The minimum absolute atomic E-state index is 0.0212. The molecule has 2 aromatic rings. The first-order valence-electron chi connectivity index (χ1n) is 11.9. The van der Waals surface area contributed by atoms with Crippen LogP contribution in [0.2, 0.25) is 0 Å². The molecule has 2 aliphatic rings. The molecule has 8 heteroatoms. The maximum atomic E-state index is 13.3. The van der Waals surface area contributed by atoms with Crippen molar-refractivity contribution in [1.29, 1.82) is 0 Å². The molecule has 2 unspecified atom stereocenters. The number of hydrogen-bond acceptors (Lipinski definition) is 7. The first-order valence-corrected chi connectivity index (χ1v) is 11.9. The van der Waals surface area contributed by atoms with Crippen molar-refractivity contribution in [3.8, 4) is 17.2 Å². The van der Waals surface area contributed by atoms with Crippen LogP contribution in [0.5, 0.6) is 17.2 Å². The van der Waals surface area contributed by atoms with Gasteiger partial charge in [0, 0.05) is 18.7 Å². The fourth-order valence-electron chi connectivity index (χ4n) is 4.61. The fraction of sp³-hybridized carbons (Fsp3) is 0.407. The molecule has 0 radical (unpaired) electrons. The number of benzene rings is 2. The Morgan fingerprint density at radius 1 is 1.09 bits per heavy atom. The Kier molecular flexibility index (Phi) is 7.60. The van der Waals surface area contributed by atoms with E-state index < -0.39 is 17.7 Å². The number of hydrogen-bond donors (Lipinski definition) is 1. The van der Waals surface area contributed by atoms with Gasteiger partial charge in [0.25, 0.3) is 11.7 Å². The maximum Gasteiger partial charge on any atom is 0.295 e. The van der Waals surface area contributed by atoms with Crippen LogP contribution >= 0.6 is 0 Å². The Balaban J connectivity index is 1.83. The molecule has 2 aromatic carbocycles. The van der Waals surface area contributed by atoms with Crippen LogP contribution in [-0.4, -0.2) is 61.3 Å². The van der Waals surface area contributed by atoms with Crippen molar-refractivity contribution in [2.24, 2.45) is 0 Å². The van der Waals surface area contributed by atoms with Gasteiger partial charge >= 0.3 is 0 Å². The third-order valence-corrected chi connectivity index (χ3v) is 6.19. The number of aliphatic hydroxyl groups is 1. The lowest BCUT2D eigenvalue weighted by Crippen LogP contribution is -2.36. The average molecular weight is 482 g/mol. The number of ketones is 1. The Bertz CT molecular complexity index is 1120. The van der Waals surface area contributed by atoms with E-state index in [4.69, 9.17) is 18.9 Å². The molecule has 2 heterocycles. The standard InChI is InChI=1S/C27H31NO7/c1-4-33-19-9-6-8-18(14-19)25(29)23-24(17-11-12-21(34-5-2)22(15-17)32-3)28(27(31)26(23)30)16-20-10-7-13-35-20/h6,8-9,11-12,14-15,20,24,29H,4-5,7,10,13,16H2,1-3H3/b25-23-. The Morgan fingerprint density at radius 3 is 2.57 bits per heavy atom. The van der Waals surface area contributed by atoms with Gasteiger partial charge in [-0.15, -0.1) is 0 Å². The number of carbonyl (C=O) groups is 2. The predicted octanol–water partition coefficient (Wildman–Crippen LogP) is 4.09. The molecule has 35 heavy (non-hydrogen) atoms. The summed E-state index contributed by atoms with van der Waals surface area (Å²) in [5.74, 6) is -0.0623. The van der Waals surface area contributed by atoms with Crippen molar-refractivity contribution in [2.45, 2.75) is 38.8 Å². The highest BCUT2D eigenvalue weighted by Crippen LogP contribution is 2.42. The molecular weight excluding hydrogens is 450 g/mol. The molecular formula is C27H31NO7. The van der Waals surface area contributed by atoms with Gasteiger partial charge in [0.2, 0.25) is 0 Å². The van der Waals surface area contributed by atoms with E-state index in [0.717, 1.165) is 12.8 Å². The van der Waals surface area contributed by atoms with Crippen LogP contribution in [0.15, 0.2) is 48.0 Å². The van der Waals surface area contributed by atoms with Crippen molar-refractivity contribution in [3.63, 3.8) is 0 Å². The number of carbonyl (C=O) groups excluding carboxylic acids is 2. The minimum Gasteiger partial charge on any atom is -0.507 e. The molecule has 8 nitrogen and oxygen atoms in total. The average Bonchev–Trinajstić information content (AvgIpc) is 3.47. The number of Topliss-reactive ketones (excluding diaryl/α,β-unsaturated/α-hetero) is 1. The minimum atomic E-state index is -0.806. The van der Waals surface area contributed by atoms with E-state index in [1.165, 1.54) is 12.0 Å². The molecule has 2 saturated heterocycles. The van der Waals surface area contributed by atoms with Crippen LogP contribution in [-0.2, 0) is 14.3 Å². The summed E-state index contributed by atoms with van der Waals surface area (Å²) in [6, 6.07) is 11.3. The summed E-state index contributed by atoms with van der Waals surface area (Å²) >= 11 is 0. The van der Waals surface area contributed by atoms with Crippen molar-refractivity contribution in [1.82, 2.24) is 4.90 Å². The zero-order valence-electron chi connectivity index (χ0n) is 20.3. The van der Waals surface area contributed by atoms with Gasteiger partial charge in [-0.2, -0.15) is 0 Å². The van der Waals surface area contributed by atoms with E-state index in [1.807, 2.05) is 13.8 Å². The first-order chi connectivity index (χ1) is 17.0. The molecule has 2 atom stereocenters. The van der Waals surface area contributed by atoms with Crippen molar-refractivity contribution >= 4 is 17.4 Å². The summed E-state index contributed by atoms with van der Waals surface area (Å²) in [6.07, 6.45) is 1.54. The summed E-state index contributed by atoms with van der Waals surface area (Å²) < 4.78 is 22.5. The van der Waals surface area contributed by atoms with Gasteiger partial charge in [-0.1, -0.05) is 18.2 Å². The zero-order chi connectivity index (χ0) is 24.9. The second kappa shape index (κ2) is 10.8.